The first-order valence-corrected chi connectivity index (χ1v) is 8.24. The molecular weight excluding hydrogens is 314 g/mol. The summed E-state index contributed by atoms with van der Waals surface area (Å²) in [4.78, 5) is 14.6. The van der Waals surface area contributed by atoms with Gasteiger partial charge in [0, 0.05) is 23.9 Å². The number of para-hydroxylation sites is 1. The van der Waals surface area contributed by atoms with E-state index in [4.69, 9.17) is 16.6 Å². The largest absolute Gasteiger partial charge is 0.460 e. The third-order valence-electron chi connectivity index (χ3n) is 3.49. The van der Waals surface area contributed by atoms with Crippen molar-refractivity contribution in [3.05, 3.63) is 53.1 Å². The zero-order valence-electron chi connectivity index (χ0n) is 12.2. The average Bonchev–Trinajstić information content (AvgIpc) is 3.01. The van der Waals surface area contributed by atoms with Gasteiger partial charge < -0.3 is 4.42 Å². The van der Waals surface area contributed by atoms with Crippen LogP contribution in [0.1, 0.15) is 18.2 Å². The highest BCUT2D eigenvalue weighted by Gasteiger charge is 2.31. The highest BCUT2D eigenvalue weighted by molar-refractivity contribution is 8.26. The van der Waals surface area contributed by atoms with Crippen LogP contribution >= 0.6 is 24.0 Å². The van der Waals surface area contributed by atoms with Crippen LogP contribution in [0.3, 0.4) is 0 Å². The van der Waals surface area contributed by atoms with Crippen molar-refractivity contribution in [3.8, 4) is 0 Å². The molecule has 1 amide bonds. The molecule has 22 heavy (non-hydrogen) atoms. The lowest BCUT2D eigenvalue weighted by Crippen LogP contribution is -2.27. The summed E-state index contributed by atoms with van der Waals surface area (Å²) in [6, 6.07) is 7.86. The van der Waals surface area contributed by atoms with Crippen molar-refractivity contribution >= 4 is 51.3 Å². The van der Waals surface area contributed by atoms with Gasteiger partial charge in [-0.15, -0.1) is 6.58 Å². The van der Waals surface area contributed by atoms with Gasteiger partial charge in [0.05, 0.1) is 4.91 Å². The number of hydrogen-bond donors (Lipinski definition) is 0. The Hall–Kier alpha value is -1.85. The van der Waals surface area contributed by atoms with Crippen LogP contribution in [0, 0.1) is 0 Å². The van der Waals surface area contributed by atoms with Crippen molar-refractivity contribution in [1.29, 1.82) is 0 Å². The third kappa shape index (κ3) is 2.51. The molecule has 0 aliphatic carbocycles. The number of benzene rings is 1. The molecule has 3 nitrogen and oxygen atoms in total. The first-order chi connectivity index (χ1) is 10.7. The molecule has 1 aromatic carbocycles. The van der Waals surface area contributed by atoms with Crippen molar-refractivity contribution in [1.82, 2.24) is 4.90 Å². The summed E-state index contributed by atoms with van der Waals surface area (Å²) in [5.74, 6) is 0.817. The smallest absolute Gasteiger partial charge is 0.266 e. The Kier molecular flexibility index (Phi) is 4.18. The van der Waals surface area contributed by atoms with Crippen LogP contribution in [-0.4, -0.2) is 21.7 Å². The SMILES string of the molecule is C=CCN1C(=O)/C(=C/c2c(CC)oc3ccccc23)SC1=S. The van der Waals surface area contributed by atoms with Crippen molar-refractivity contribution < 1.29 is 9.21 Å². The van der Waals surface area contributed by atoms with Crippen molar-refractivity contribution in [2.24, 2.45) is 0 Å². The van der Waals surface area contributed by atoms with E-state index in [9.17, 15) is 4.79 Å². The lowest BCUT2D eigenvalue weighted by atomic mass is 10.1. The van der Waals surface area contributed by atoms with E-state index >= 15 is 0 Å². The molecule has 0 radical (unpaired) electrons. The molecule has 1 fully saturated rings. The van der Waals surface area contributed by atoms with Crippen LogP contribution in [0.5, 0.6) is 0 Å². The number of rotatable bonds is 4. The second-order valence-corrected chi connectivity index (χ2v) is 6.55. The third-order valence-corrected chi connectivity index (χ3v) is 4.87. The van der Waals surface area contributed by atoms with Crippen LogP contribution in [0.2, 0.25) is 0 Å². The summed E-state index contributed by atoms with van der Waals surface area (Å²) >= 11 is 6.60. The maximum atomic E-state index is 12.4. The zero-order valence-corrected chi connectivity index (χ0v) is 13.8. The normalized spacial score (nSPS) is 17.0. The molecule has 3 rings (SSSR count). The number of nitrogens with zero attached hydrogens (tertiary/aromatic N) is 1. The maximum Gasteiger partial charge on any atom is 0.266 e. The van der Waals surface area contributed by atoms with Gasteiger partial charge in [-0.2, -0.15) is 0 Å². The van der Waals surface area contributed by atoms with E-state index in [1.54, 1.807) is 11.0 Å². The van der Waals surface area contributed by atoms with Crippen LogP contribution < -0.4 is 0 Å². The molecule has 112 valence electrons. The molecule has 2 aromatic rings. The summed E-state index contributed by atoms with van der Waals surface area (Å²) < 4.78 is 6.44. The quantitative estimate of drug-likeness (QED) is 0.473. The van der Waals surface area contributed by atoms with E-state index in [1.807, 2.05) is 37.3 Å². The summed E-state index contributed by atoms with van der Waals surface area (Å²) in [7, 11) is 0. The molecule has 0 N–H and O–H groups in total. The molecule has 0 unspecified atom stereocenters. The summed E-state index contributed by atoms with van der Waals surface area (Å²) in [5.41, 5.74) is 1.81. The minimum absolute atomic E-state index is 0.0674. The maximum absolute atomic E-state index is 12.4. The zero-order chi connectivity index (χ0) is 15.7. The number of hydrogen-bond acceptors (Lipinski definition) is 4. The number of carbonyl (C=O) groups excluding carboxylic acids is 1. The molecule has 1 aliphatic heterocycles. The highest BCUT2D eigenvalue weighted by atomic mass is 32.2. The summed E-state index contributed by atoms with van der Waals surface area (Å²) in [6.45, 7) is 6.14. The van der Waals surface area contributed by atoms with E-state index in [1.165, 1.54) is 11.8 Å². The summed E-state index contributed by atoms with van der Waals surface area (Å²) in [5, 5.41) is 1.02. The first-order valence-electron chi connectivity index (χ1n) is 7.02. The Morgan fingerprint density at radius 2 is 2.18 bits per heavy atom. The van der Waals surface area contributed by atoms with Crippen molar-refractivity contribution in [3.63, 3.8) is 0 Å². The second-order valence-electron chi connectivity index (χ2n) is 4.87. The number of fused-ring (bicyclic) bond motifs is 1. The molecule has 1 aromatic heterocycles. The number of furan rings is 1. The fraction of sp³-hybridized carbons (Fsp3) is 0.176. The predicted octanol–water partition coefficient (Wildman–Crippen LogP) is 4.38. The lowest BCUT2D eigenvalue weighted by Gasteiger charge is -2.10. The Balaban J connectivity index is 2.07. The van der Waals surface area contributed by atoms with Crippen molar-refractivity contribution in [2.45, 2.75) is 13.3 Å². The molecule has 1 saturated heterocycles. The van der Waals surface area contributed by atoms with Gasteiger partial charge in [0.25, 0.3) is 5.91 Å². The number of amides is 1. The number of aryl methyl sites for hydroxylation is 1. The molecule has 0 spiro atoms. The lowest BCUT2D eigenvalue weighted by molar-refractivity contribution is -0.121. The minimum Gasteiger partial charge on any atom is -0.460 e. The Labute approximate surface area is 138 Å². The van der Waals surface area contributed by atoms with E-state index in [-0.39, 0.29) is 5.91 Å². The van der Waals surface area contributed by atoms with Gasteiger partial charge in [0.1, 0.15) is 15.7 Å². The van der Waals surface area contributed by atoms with E-state index < -0.39 is 0 Å². The van der Waals surface area contributed by atoms with E-state index in [0.717, 1.165) is 28.7 Å². The highest BCUT2D eigenvalue weighted by Crippen LogP contribution is 2.35. The molecule has 0 atom stereocenters. The fourth-order valence-corrected chi connectivity index (χ4v) is 3.71. The second kappa shape index (κ2) is 6.10. The molecule has 5 heteroatoms. The minimum atomic E-state index is -0.0674. The number of thioether (sulfide) groups is 1. The number of carbonyl (C=O) groups is 1. The monoisotopic (exact) mass is 329 g/mol. The molecule has 0 saturated carbocycles. The van der Waals surface area contributed by atoms with Crippen LogP contribution in [0.15, 0.2) is 46.2 Å². The van der Waals surface area contributed by atoms with Crippen LogP contribution in [0.4, 0.5) is 0 Å². The topological polar surface area (TPSA) is 33.5 Å². The molecule has 0 bridgehead atoms. The molecular formula is C17H15NO2S2. The average molecular weight is 329 g/mol. The van der Waals surface area contributed by atoms with Gasteiger partial charge in [0.2, 0.25) is 0 Å². The van der Waals surface area contributed by atoms with Crippen LogP contribution in [0.25, 0.3) is 17.0 Å². The molecule has 1 aliphatic rings. The standard InChI is InChI=1S/C17H15NO2S2/c1-3-9-18-16(19)15(22-17(18)21)10-12-11-7-5-6-8-14(11)20-13(12)4-2/h3,5-8,10H,1,4,9H2,2H3/b15-10-. The van der Waals surface area contributed by atoms with Gasteiger partial charge in [-0.25, -0.2) is 0 Å². The first kappa shape index (κ1) is 15.1. The fourth-order valence-electron chi connectivity index (χ4n) is 2.45. The van der Waals surface area contributed by atoms with Crippen molar-refractivity contribution in [2.75, 3.05) is 6.54 Å². The van der Waals surface area contributed by atoms with Gasteiger partial charge in [0.15, 0.2) is 0 Å². The van der Waals surface area contributed by atoms with Gasteiger partial charge in [-0.1, -0.05) is 55.2 Å². The Bertz CT molecular complexity index is 804. The predicted molar refractivity (Wildman–Crippen MR) is 95.7 cm³/mol. The van der Waals surface area contributed by atoms with E-state index in [0.29, 0.717) is 15.8 Å². The van der Waals surface area contributed by atoms with Crippen LogP contribution in [-0.2, 0) is 11.2 Å². The van der Waals surface area contributed by atoms with Gasteiger partial charge in [-0.05, 0) is 12.1 Å². The summed E-state index contributed by atoms with van der Waals surface area (Å²) in [6.07, 6.45) is 4.35. The molecule has 2 heterocycles. The van der Waals surface area contributed by atoms with E-state index in [2.05, 4.69) is 6.58 Å². The van der Waals surface area contributed by atoms with Gasteiger partial charge in [-0.3, -0.25) is 9.69 Å². The number of thiocarbonyl (C=S) groups is 1. The van der Waals surface area contributed by atoms with Gasteiger partial charge >= 0.3 is 0 Å². The Morgan fingerprint density at radius 1 is 1.41 bits per heavy atom. The Morgan fingerprint density at radius 3 is 2.91 bits per heavy atom.